The molecule has 2 heterocycles. The molecule has 9 nitrogen and oxygen atoms in total. The summed E-state index contributed by atoms with van der Waals surface area (Å²) in [4.78, 5) is 27.3. The molecule has 2 aromatic carbocycles. The fraction of sp³-hybridized carbons (Fsp3) is 0.259. The number of thiophene rings is 1. The molecule has 38 heavy (non-hydrogen) atoms. The van der Waals surface area contributed by atoms with Crippen LogP contribution in [0.25, 0.3) is 11.5 Å². The molecule has 2 N–H and O–H groups in total. The number of hydrogen-bond acceptors (Lipinski definition) is 9. The Morgan fingerprint density at radius 3 is 2.47 bits per heavy atom. The van der Waals surface area contributed by atoms with Crippen LogP contribution in [0, 0.1) is 0 Å². The highest BCUT2D eigenvalue weighted by molar-refractivity contribution is 7.99. The zero-order valence-corrected chi connectivity index (χ0v) is 22.5. The molecule has 0 aliphatic heterocycles. The molecule has 0 saturated carbocycles. The minimum atomic E-state index is -0.259. The van der Waals surface area contributed by atoms with E-state index in [0.29, 0.717) is 33.3 Å². The quantitative estimate of drug-likeness (QED) is 0.256. The third-order valence-electron chi connectivity index (χ3n) is 6.01. The van der Waals surface area contributed by atoms with Gasteiger partial charge in [-0.05, 0) is 55.5 Å². The van der Waals surface area contributed by atoms with E-state index in [1.807, 2.05) is 30.3 Å². The molecule has 0 fully saturated rings. The van der Waals surface area contributed by atoms with E-state index >= 15 is 0 Å². The Morgan fingerprint density at radius 1 is 1.00 bits per heavy atom. The van der Waals surface area contributed by atoms with Crippen LogP contribution in [0.3, 0.4) is 0 Å². The van der Waals surface area contributed by atoms with Crippen LogP contribution in [0.2, 0.25) is 0 Å². The molecular weight excluding hydrogens is 524 g/mol. The highest BCUT2D eigenvalue weighted by Gasteiger charge is 2.26. The van der Waals surface area contributed by atoms with Crippen molar-refractivity contribution in [2.45, 2.75) is 30.9 Å². The molecule has 0 unspecified atom stereocenters. The molecule has 2 amide bonds. The monoisotopic (exact) mass is 550 g/mol. The maximum absolute atomic E-state index is 13.2. The van der Waals surface area contributed by atoms with Crippen LogP contribution < -0.4 is 20.1 Å². The summed E-state index contributed by atoms with van der Waals surface area (Å²) < 4.78 is 16.3. The van der Waals surface area contributed by atoms with E-state index < -0.39 is 0 Å². The number of rotatable bonds is 9. The van der Waals surface area contributed by atoms with E-state index in [-0.39, 0.29) is 28.7 Å². The summed E-state index contributed by atoms with van der Waals surface area (Å²) in [7, 11) is 3.12. The first-order valence-electron chi connectivity index (χ1n) is 12.0. The van der Waals surface area contributed by atoms with E-state index in [9.17, 15) is 9.59 Å². The number of aromatic nitrogens is 2. The predicted octanol–water partition coefficient (Wildman–Crippen LogP) is 5.68. The number of carbonyl (C=O) groups is 2. The van der Waals surface area contributed by atoms with Crippen molar-refractivity contribution in [3.8, 4) is 23.0 Å². The van der Waals surface area contributed by atoms with Crippen LogP contribution in [0.1, 0.15) is 33.6 Å². The highest BCUT2D eigenvalue weighted by Crippen LogP contribution is 2.39. The number of para-hydroxylation sites is 1. The van der Waals surface area contributed by atoms with Gasteiger partial charge in [-0.3, -0.25) is 9.59 Å². The smallest absolute Gasteiger partial charge is 0.277 e. The fourth-order valence-corrected chi connectivity index (χ4v) is 6.08. The van der Waals surface area contributed by atoms with Gasteiger partial charge >= 0.3 is 0 Å². The van der Waals surface area contributed by atoms with Crippen molar-refractivity contribution in [3.05, 3.63) is 64.5 Å². The summed E-state index contributed by atoms with van der Waals surface area (Å²) in [5.74, 6) is 1.05. The SMILES string of the molecule is COc1cc(OC)cc(-c2nnc(SCC(=O)Nc3sc4c(c3C(=O)Nc3ccccc3)CCCC4)o2)c1. The average Bonchev–Trinajstić information content (AvgIpc) is 3.56. The predicted molar refractivity (Wildman–Crippen MR) is 148 cm³/mol. The van der Waals surface area contributed by atoms with Crippen molar-refractivity contribution < 1.29 is 23.5 Å². The van der Waals surface area contributed by atoms with Gasteiger partial charge in [-0.15, -0.1) is 21.5 Å². The first-order chi connectivity index (χ1) is 18.5. The molecule has 5 rings (SSSR count). The van der Waals surface area contributed by atoms with Crippen LogP contribution >= 0.6 is 23.1 Å². The van der Waals surface area contributed by atoms with Gasteiger partial charge in [-0.25, -0.2) is 0 Å². The maximum Gasteiger partial charge on any atom is 0.277 e. The van der Waals surface area contributed by atoms with Crippen LogP contribution in [0.4, 0.5) is 10.7 Å². The van der Waals surface area contributed by atoms with E-state index in [2.05, 4.69) is 20.8 Å². The molecule has 0 atom stereocenters. The molecule has 1 aliphatic carbocycles. The molecule has 0 radical (unpaired) electrons. The van der Waals surface area contributed by atoms with Gasteiger partial charge in [0, 0.05) is 22.2 Å². The number of fused-ring (bicyclic) bond motifs is 1. The highest BCUT2D eigenvalue weighted by atomic mass is 32.2. The standard InChI is InChI=1S/C27H26N4O5S2/c1-34-18-12-16(13-19(14-18)35-2)25-30-31-27(36-25)37-15-22(32)29-26-23(20-10-6-7-11-21(20)38-26)24(33)28-17-8-4-3-5-9-17/h3-5,8-9,12-14H,6-7,10-11,15H2,1-2H3,(H,28,33)(H,29,32). The lowest BCUT2D eigenvalue weighted by atomic mass is 9.95. The molecule has 4 aromatic rings. The number of thioether (sulfide) groups is 1. The molecule has 1 aliphatic rings. The Labute approximate surface area is 227 Å². The Morgan fingerprint density at radius 2 is 1.74 bits per heavy atom. The summed E-state index contributed by atoms with van der Waals surface area (Å²) in [5.41, 5.74) is 2.94. The Kier molecular flexibility index (Phi) is 7.94. The van der Waals surface area contributed by atoms with Crippen LogP contribution in [-0.4, -0.2) is 42.0 Å². The second-order valence-corrected chi connectivity index (χ2v) is 10.6. The number of methoxy groups -OCH3 is 2. The number of ether oxygens (including phenoxy) is 2. The molecule has 2 aromatic heterocycles. The normalized spacial score (nSPS) is 12.5. The van der Waals surface area contributed by atoms with Crippen LogP contribution in [0.5, 0.6) is 11.5 Å². The Balaban J connectivity index is 1.27. The number of nitrogens with zero attached hydrogens (tertiary/aromatic N) is 2. The zero-order chi connectivity index (χ0) is 26.5. The van der Waals surface area contributed by atoms with E-state index in [0.717, 1.165) is 47.9 Å². The first-order valence-corrected chi connectivity index (χ1v) is 13.8. The van der Waals surface area contributed by atoms with E-state index in [4.69, 9.17) is 13.9 Å². The molecule has 0 bridgehead atoms. The second-order valence-electron chi connectivity index (χ2n) is 8.55. The number of anilines is 2. The summed E-state index contributed by atoms with van der Waals surface area (Å²) in [6.45, 7) is 0. The number of nitrogens with one attached hydrogen (secondary N) is 2. The lowest BCUT2D eigenvalue weighted by Gasteiger charge is -2.13. The van der Waals surface area contributed by atoms with Crippen molar-refractivity contribution in [1.82, 2.24) is 10.2 Å². The van der Waals surface area contributed by atoms with Crippen LogP contribution in [0.15, 0.2) is 58.2 Å². The first kappa shape index (κ1) is 25.8. The molecule has 11 heteroatoms. The van der Waals surface area contributed by atoms with E-state index in [1.54, 1.807) is 32.4 Å². The van der Waals surface area contributed by atoms with Crippen molar-refractivity contribution in [1.29, 1.82) is 0 Å². The zero-order valence-electron chi connectivity index (χ0n) is 20.9. The maximum atomic E-state index is 13.2. The second kappa shape index (κ2) is 11.7. The van der Waals surface area contributed by atoms with Crippen LogP contribution in [-0.2, 0) is 17.6 Å². The van der Waals surface area contributed by atoms with Gasteiger partial charge in [0.05, 0.1) is 25.5 Å². The number of benzene rings is 2. The Hall–Kier alpha value is -3.83. The minimum absolute atomic E-state index is 0.0470. The summed E-state index contributed by atoms with van der Waals surface area (Å²) >= 11 is 2.61. The van der Waals surface area contributed by atoms with Crippen molar-refractivity contribution in [3.63, 3.8) is 0 Å². The van der Waals surface area contributed by atoms with Gasteiger partial charge in [0.15, 0.2) is 0 Å². The topological polar surface area (TPSA) is 116 Å². The minimum Gasteiger partial charge on any atom is -0.497 e. The van der Waals surface area contributed by atoms with Gasteiger partial charge in [-0.1, -0.05) is 30.0 Å². The molecule has 0 saturated heterocycles. The van der Waals surface area contributed by atoms with E-state index in [1.165, 1.54) is 11.3 Å². The number of amides is 2. The van der Waals surface area contributed by atoms with Gasteiger partial charge in [0.2, 0.25) is 11.8 Å². The summed E-state index contributed by atoms with van der Waals surface area (Å²) in [6, 6.07) is 14.6. The van der Waals surface area contributed by atoms with Crippen molar-refractivity contribution in [2.75, 3.05) is 30.6 Å². The number of aryl methyl sites for hydroxylation is 1. The van der Waals surface area contributed by atoms with Gasteiger partial charge in [0.1, 0.15) is 16.5 Å². The average molecular weight is 551 g/mol. The lowest BCUT2D eigenvalue weighted by Crippen LogP contribution is -2.19. The molecule has 0 spiro atoms. The summed E-state index contributed by atoms with van der Waals surface area (Å²) in [5, 5.41) is 14.9. The van der Waals surface area contributed by atoms with Gasteiger partial charge < -0.3 is 24.5 Å². The molecule has 196 valence electrons. The van der Waals surface area contributed by atoms with Gasteiger partial charge in [0.25, 0.3) is 11.1 Å². The third kappa shape index (κ3) is 5.84. The van der Waals surface area contributed by atoms with Crippen molar-refractivity contribution in [2.24, 2.45) is 0 Å². The number of carbonyl (C=O) groups excluding carboxylic acids is 2. The lowest BCUT2D eigenvalue weighted by molar-refractivity contribution is -0.113. The summed E-state index contributed by atoms with van der Waals surface area (Å²) in [6.07, 6.45) is 3.84. The fourth-order valence-electron chi connectivity index (χ4n) is 4.21. The van der Waals surface area contributed by atoms with Crippen molar-refractivity contribution >= 4 is 45.6 Å². The molecular formula is C27H26N4O5S2. The third-order valence-corrected chi connectivity index (χ3v) is 8.04. The Bertz CT molecular complexity index is 1430. The number of hydrogen-bond donors (Lipinski definition) is 2. The van der Waals surface area contributed by atoms with Gasteiger partial charge in [-0.2, -0.15) is 0 Å². The largest absolute Gasteiger partial charge is 0.497 e.